The zero-order chi connectivity index (χ0) is 68.2. The van der Waals surface area contributed by atoms with E-state index < -0.39 is 53.3 Å². The number of benzene rings is 2. The molecule has 2 aromatic carbocycles. The molecule has 0 unspecified atom stereocenters. The van der Waals surface area contributed by atoms with Crippen LogP contribution in [0.5, 0.6) is 5.75 Å². The predicted octanol–water partition coefficient (Wildman–Crippen LogP) is 10.3. The molecule has 0 aromatic heterocycles. The van der Waals surface area contributed by atoms with Crippen LogP contribution in [0, 0.1) is 29.1 Å². The lowest BCUT2D eigenvalue weighted by atomic mass is 10.0. The predicted molar refractivity (Wildman–Crippen MR) is 340 cm³/mol. The molecule has 540 valence electrons. The molecule has 0 aliphatic rings. The molecule has 0 bridgehead atoms. The van der Waals surface area contributed by atoms with Crippen LogP contribution < -0.4 is 10.1 Å². The van der Waals surface area contributed by atoms with Gasteiger partial charge in [0.1, 0.15) is 6.61 Å². The molecule has 2 amide bonds. The number of ether oxygens (including phenoxy) is 14. The molecule has 1 N–H and O–H groups in total. The lowest BCUT2D eigenvalue weighted by Gasteiger charge is -2.30. The minimum atomic E-state index is -2.36. The number of carbonyl (C=O) groups excluding carboxylic acids is 5. The van der Waals surface area contributed by atoms with Crippen molar-refractivity contribution in [3.05, 3.63) is 65.0 Å². The molecule has 0 aliphatic carbocycles. The molecular weight excluding hydrogens is 1240 g/mol. The van der Waals surface area contributed by atoms with Crippen molar-refractivity contribution in [1.29, 1.82) is 0 Å². The van der Waals surface area contributed by atoms with E-state index in [0.717, 1.165) is 69.8 Å². The number of rotatable bonds is 67. The van der Waals surface area contributed by atoms with Crippen molar-refractivity contribution >= 4 is 29.5 Å². The van der Waals surface area contributed by atoms with Gasteiger partial charge >= 0.3 is 11.9 Å². The maximum Gasteiger partial charge on any atom is 0.313 e. The number of hydrogen-bond acceptors (Lipinski definition) is 19. The average molecular weight is 1350 g/mol. The SMILES string of the molecule is CCCCCCCCCCCN(C(=O)CCCCCCCCCC(=O)OCc1ccccc1)[C@@H](CCC(=O)NCCOCCOCCOCCOCCOCCOCCOCCOCCOCCOCCOCCOCCC(=O)Oc1c(F)c(F)c(F)c(F)c1F)C(C)=O. The highest BCUT2D eigenvalue weighted by atomic mass is 19.2. The van der Waals surface area contributed by atoms with Crippen LogP contribution >= 0.6 is 0 Å². The van der Waals surface area contributed by atoms with Gasteiger partial charge in [0.05, 0.1) is 171 Å². The number of esters is 2. The molecule has 1 atom stereocenters. The van der Waals surface area contributed by atoms with Crippen molar-refractivity contribution < 1.29 is 112 Å². The van der Waals surface area contributed by atoms with Gasteiger partial charge in [-0.2, -0.15) is 8.78 Å². The van der Waals surface area contributed by atoms with Crippen LogP contribution in [0.2, 0.25) is 0 Å². The van der Waals surface area contributed by atoms with Crippen LogP contribution in [-0.2, 0) is 92.2 Å². The van der Waals surface area contributed by atoms with E-state index in [4.69, 9.17) is 61.6 Å². The summed E-state index contributed by atoms with van der Waals surface area (Å²) >= 11 is 0. The number of unbranched alkanes of at least 4 members (excludes halogenated alkanes) is 14. The highest BCUT2D eigenvalue weighted by Crippen LogP contribution is 2.29. The van der Waals surface area contributed by atoms with Crippen molar-refractivity contribution in [2.24, 2.45) is 0 Å². The first kappa shape index (κ1) is 85.2. The smallest absolute Gasteiger partial charge is 0.313 e. The van der Waals surface area contributed by atoms with Gasteiger partial charge in [-0.15, -0.1) is 0 Å². The van der Waals surface area contributed by atoms with Crippen molar-refractivity contribution in [1.82, 2.24) is 10.2 Å². The number of ketones is 1. The van der Waals surface area contributed by atoms with E-state index in [1.165, 1.54) is 45.4 Å². The third-order valence-electron chi connectivity index (χ3n) is 14.3. The van der Waals surface area contributed by atoms with Crippen molar-refractivity contribution in [3.8, 4) is 5.75 Å². The number of amides is 2. The molecule has 2 rings (SSSR count). The van der Waals surface area contributed by atoms with Gasteiger partial charge in [-0.1, -0.05) is 121 Å². The van der Waals surface area contributed by atoms with Crippen molar-refractivity contribution in [2.45, 2.75) is 161 Å². The summed E-state index contributed by atoms with van der Waals surface area (Å²) < 4.78 is 142. The molecular formula is C68H109F5N2O19. The Bertz CT molecular complexity index is 2200. The first-order valence-electron chi connectivity index (χ1n) is 33.8. The van der Waals surface area contributed by atoms with E-state index in [9.17, 15) is 45.9 Å². The van der Waals surface area contributed by atoms with E-state index in [2.05, 4.69) is 17.0 Å². The third kappa shape index (κ3) is 46.3. The van der Waals surface area contributed by atoms with Crippen LogP contribution in [0.25, 0.3) is 0 Å². The number of Topliss-reactive ketones (excluding diaryl/α,β-unsaturated/α-hetero) is 1. The minimum Gasteiger partial charge on any atom is -0.461 e. The highest BCUT2D eigenvalue weighted by Gasteiger charge is 2.29. The third-order valence-corrected chi connectivity index (χ3v) is 14.3. The summed E-state index contributed by atoms with van der Waals surface area (Å²) in [4.78, 5) is 65.2. The van der Waals surface area contributed by atoms with Gasteiger partial charge in [0, 0.05) is 32.4 Å². The fraction of sp³-hybridized carbons (Fsp3) is 0.750. The van der Waals surface area contributed by atoms with Crippen LogP contribution in [0.1, 0.15) is 154 Å². The molecule has 0 spiro atoms. The number of nitrogens with zero attached hydrogens (tertiary/aromatic N) is 1. The quantitative estimate of drug-likeness (QED) is 0.0162. The Morgan fingerprint density at radius 2 is 0.766 bits per heavy atom. The second kappa shape index (κ2) is 60.6. The monoisotopic (exact) mass is 1350 g/mol. The van der Waals surface area contributed by atoms with Crippen LogP contribution in [0.3, 0.4) is 0 Å². The van der Waals surface area contributed by atoms with Crippen LogP contribution in [0.15, 0.2) is 30.3 Å². The number of carbonyl (C=O) groups is 5. The Hall–Kier alpha value is -4.84. The fourth-order valence-electron chi connectivity index (χ4n) is 9.14. The standard InChI is InChI=1S/C68H109F5N2O19/c1-3-4-5-6-7-8-12-15-21-30-75(60(78)24-19-13-10-9-11-14-20-25-61(79)93-55-57-22-17-16-18-23-57)58(56(2)76)26-27-59(77)74-29-32-82-34-36-84-38-40-86-42-44-88-46-48-90-50-52-92-54-53-91-51-49-89-47-45-87-43-41-85-39-37-83-35-33-81-31-28-62(80)94-68-66(72)64(70)63(69)65(71)67(68)73/h16-18,22-23,58H,3-15,19-21,24-55H2,1-2H3,(H,74,77)/t58-/m0/s1. The van der Waals surface area contributed by atoms with E-state index in [1.54, 1.807) is 4.90 Å². The Balaban J connectivity index is 1.35. The molecule has 21 nitrogen and oxygen atoms in total. The summed E-state index contributed by atoms with van der Waals surface area (Å²) in [6.45, 7) is 12.8. The van der Waals surface area contributed by atoms with E-state index in [0.29, 0.717) is 158 Å². The van der Waals surface area contributed by atoms with Gasteiger partial charge in [-0.25, -0.2) is 13.2 Å². The molecule has 2 aromatic rings. The number of halogens is 5. The van der Waals surface area contributed by atoms with E-state index >= 15 is 0 Å². The molecule has 0 saturated carbocycles. The summed E-state index contributed by atoms with van der Waals surface area (Å²) in [7, 11) is 0. The molecule has 0 fully saturated rings. The Morgan fingerprint density at radius 1 is 0.404 bits per heavy atom. The number of hydrogen-bond donors (Lipinski definition) is 1. The Morgan fingerprint density at radius 3 is 1.18 bits per heavy atom. The van der Waals surface area contributed by atoms with Gasteiger partial charge in [0.25, 0.3) is 0 Å². The molecule has 0 radical (unpaired) electrons. The van der Waals surface area contributed by atoms with Crippen LogP contribution in [-0.4, -0.2) is 212 Å². The zero-order valence-electron chi connectivity index (χ0n) is 56.0. The van der Waals surface area contributed by atoms with E-state index in [1.807, 2.05) is 30.3 Å². The van der Waals surface area contributed by atoms with Crippen molar-refractivity contribution in [2.75, 3.05) is 172 Å². The number of nitrogens with one attached hydrogen (secondary N) is 1. The summed E-state index contributed by atoms with van der Waals surface area (Å²) in [5, 5.41) is 2.87. The molecule has 0 heterocycles. The Labute approximate surface area is 553 Å². The molecule has 26 heteroatoms. The second-order valence-corrected chi connectivity index (χ2v) is 22.0. The van der Waals surface area contributed by atoms with Gasteiger partial charge in [0.15, 0.2) is 5.78 Å². The summed E-state index contributed by atoms with van der Waals surface area (Å²) in [6, 6.07) is 9.02. The molecule has 94 heavy (non-hydrogen) atoms. The maximum absolute atomic E-state index is 13.7. The normalized spacial score (nSPS) is 11.7. The van der Waals surface area contributed by atoms with Crippen molar-refractivity contribution in [3.63, 3.8) is 0 Å². The summed E-state index contributed by atoms with van der Waals surface area (Å²) in [6.07, 6.45) is 17.5. The first-order chi connectivity index (χ1) is 45.9. The second-order valence-electron chi connectivity index (χ2n) is 22.0. The zero-order valence-corrected chi connectivity index (χ0v) is 56.0. The van der Waals surface area contributed by atoms with Gasteiger partial charge in [-0.3, -0.25) is 24.0 Å². The van der Waals surface area contributed by atoms with E-state index in [-0.39, 0.29) is 69.4 Å². The lowest BCUT2D eigenvalue weighted by Crippen LogP contribution is -2.45. The lowest BCUT2D eigenvalue weighted by molar-refractivity contribution is -0.145. The van der Waals surface area contributed by atoms with Gasteiger partial charge < -0.3 is 76.5 Å². The van der Waals surface area contributed by atoms with Gasteiger partial charge in [-0.05, 0) is 38.2 Å². The van der Waals surface area contributed by atoms with Crippen LogP contribution in [0.4, 0.5) is 22.0 Å². The maximum atomic E-state index is 13.7. The average Bonchev–Trinajstić information content (AvgIpc) is 0.866. The molecule has 0 saturated heterocycles. The highest BCUT2D eigenvalue weighted by molar-refractivity contribution is 5.88. The Kier molecular flexibility index (Phi) is 54.9. The first-order valence-corrected chi connectivity index (χ1v) is 33.8. The summed E-state index contributed by atoms with van der Waals surface area (Å²) in [5.41, 5.74) is 0.978. The minimum absolute atomic E-state index is 0.0214. The summed E-state index contributed by atoms with van der Waals surface area (Å²) in [5.74, 6) is -14.7. The fourth-order valence-corrected chi connectivity index (χ4v) is 9.14. The molecule has 0 aliphatic heterocycles. The topological polar surface area (TPSA) is 230 Å². The van der Waals surface area contributed by atoms with Gasteiger partial charge in [0.2, 0.25) is 46.6 Å². The largest absolute Gasteiger partial charge is 0.461 e.